The lowest BCUT2D eigenvalue weighted by molar-refractivity contribution is -0.118. The highest BCUT2D eigenvalue weighted by Gasteiger charge is 2.26. The van der Waals surface area contributed by atoms with E-state index in [9.17, 15) is 13.2 Å². The van der Waals surface area contributed by atoms with E-state index < -0.39 is 10.0 Å². The van der Waals surface area contributed by atoms with Crippen LogP contribution in [0.4, 0.5) is 5.13 Å². The number of nitrogens with zero attached hydrogens (tertiary/aromatic N) is 3. The maximum Gasteiger partial charge on any atom is 0.272 e. The molecular formula is C14H18N4O3S2. The second-order valence-corrected chi connectivity index (χ2v) is 8.46. The number of hydrogen-bond acceptors (Lipinski definition) is 6. The van der Waals surface area contributed by atoms with Crippen LogP contribution in [-0.4, -0.2) is 35.9 Å². The zero-order valence-corrected chi connectivity index (χ0v) is 14.7. The molecule has 2 rings (SSSR count). The molecule has 1 aromatic carbocycles. The Morgan fingerprint density at radius 3 is 2.52 bits per heavy atom. The van der Waals surface area contributed by atoms with Gasteiger partial charge in [-0.2, -0.15) is 4.31 Å². The van der Waals surface area contributed by atoms with Crippen LogP contribution in [0.15, 0.2) is 34.7 Å². The van der Waals surface area contributed by atoms with Gasteiger partial charge in [-0.25, -0.2) is 8.42 Å². The zero-order chi connectivity index (χ0) is 17.0. The monoisotopic (exact) mass is 354 g/mol. The number of hydrogen-bond donors (Lipinski definition) is 1. The SMILES string of the molecule is CC(C)C(=O)Nc1nnc(S(=O)(=O)N(C)Cc2ccccc2)s1. The molecule has 1 N–H and O–H groups in total. The lowest BCUT2D eigenvalue weighted by Crippen LogP contribution is -2.26. The molecule has 1 heterocycles. The summed E-state index contributed by atoms with van der Waals surface area (Å²) in [4.78, 5) is 11.6. The molecule has 0 unspecified atom stereocenters. The molecular weight excluding hydrogens is 336 g/mol. The minimum absolute atomic E-state index is 0.144. The summed E-state index contributed by atoms with van der Waals surface area (Å²) in [7, 11) is -2.26. The molecule has 0 aliphatic heterocycles. The Morgan fingerprint density at radius 2 is 1.91 bits per heavy atom. The summed E-state index contributed by atoms with van der Waals surface area (Å²) < 4.78 is 26.0. The second-order valence-electron chi connectivity index (χ2n) is 5.26. The number of carbonyl (C=O) groups excluding carboxylic acids is 1. The van der Waals surface area contributed by atoms with Gasteiger partial charge in [-0.05, 0) is 5.56 Å². The quantitative estimate of drug-likeness (QED) is 0.801. The van der Waals surface area contributed by atoms with Crippen LogP contribution in [0.1, 0.15) is 19.4 Å². The van der Waals surface area contributed by atoms with E-state index in [2.05, 4.69) is 15.5 Å². The van der Waals surface area contributed by atoms with Crippen molar-refractivity contribution in [2.75, 3.05) is 12.4 Å². The molecule has 23 heavy (non-hydrogen) atoms. The highest BCUT2D eigenvalue weighted by molar-refractivity contribution is 7.91. The van der Waals surface area contributed by atoms with E-state index in [0.29, 0.717) is 0 Å². The van der Waals surface area contributed by atoms with E-state index >= 15 is 0 Å². The molecule has 0 spiro atoms. The number of rotatable bonds is 6. The van der Waals surface area contributed by atoms with Crippen molar-refractivity contribution in [1.29, 1.82) is 0 Å². The summed E-state index contributed by atoms with van der Waals surface area (Å²) in [6.07, 6.45) is 0. The van der Waals surface area contributed by atoms with Gasteiger partial charge in [0.1, 0.15) is 0 Å². The second kappa shape index (κ2) is 7.16. The van der Waals surface area contributed by atoms with Crippen molar-refractivity contribution in [2.45, 2.75) is 24.7 Å². The van der Waals surface area contributed by atoms with Crippen LogP contribution in [0.3, 0.4) is 0 Å². The van der Waals surface area contributed by atoms with Gasteiger partial charge in [0, 0.05) is 19.5 Å². The molecule has 124 valence electrons. The fourth-order valence-electron chi connectivity index (χ4n) is 1.67. The van der Waals surface area contributed by atoms with Crippen LogP contribution < -0.4 is 5.32 Å². The van der Waals surface area contributed by atoms with E-state index in [1.165, 1.54) is 11.4 Å². The highest BCUT2D eigenvalue weighted by atomic mass is 32.2. The van der Waals surface area contributed by atoms with E-state index in [1.54, 1.807) is 13.8 Å². The fraction of sp³-hybridized carbons (Fsp3) is 0.357. The minimum Gasteiger partial charge on any atom is -0.300 e. The Labute approximate surface area is 139 Å². The van der Waals surface area contributed by atoms with Gasteiger partial charge in [0.25, 0.3) is 10.0 Å². The topological polar surface area (TPSA) is 92.3 Å². The molecule has 7 nitrogen and oxygen atoms in total. The van der Waals surface area contributed by atoms with Crippen LogP contribution >= 0.6 is 11.3 Å². The van der Waals surface area contributed by atoms with Gasteiger partial charge in [0.2, 0.25) is 15.4 Å². The highest BCUT2D eigenvalue weighted by Crippen LogP contribution is 2.23. The molecule has 0 aliphatic carbocycles. The summed E-state index contributed by atoms with van der Waals surface area (Å²) in [6, 6.07) is 9.26. The molecule has 1 amide bonds. The maximum absolute atomic E-state index is 12.5. The van der Waals surface area contributed by atoms with Crippen LogP contribution in [0.2, 0.25) is 0 Å². The number of anilines is 1. The summed E-state index contributed by atoms with van der Waals surface area (Å²) >= 11 is 0.841. The average Bonchev–Trinajstić information content (AvgIpc) is 2.97. The Morgan fingerprint density at radius 1 is 1.26 bits per heavy atom. The van der Waals surface area contributed by atoms with E-state index in [0.717, 1.165) is 16.9 Å². The first-order chi connectivity index (χ1) is 10.8. The van der Waals surface area contributed by atoms with Crippen molar-refractivity contribution in [3.8, 4) is 0 Å². The number of nitrogens with one attached hydrogen (secondary N) is 1. The lowest BCUT2D eigenvalue weighted by Gasteiger charge is -2.14. The van der Waals surface area contributed by atoms with Gasteiger partial charge in [-0.1, -0.05) is 55.5 Å². The number of carbonyl (C=O) groups is 1. The number of amides is 1. The average molecular weight is 354 g/mol. The first-order valence-corrected chi connectivity index (χ1v) is 9.21. The van der Waals surface area contributed by atoms with Crippen molar-refractivity contribution in [3.05, 3.63) is 35.9 Å². The van der Waals surface area contributed by atoms with Gasteiger partial charge >= 0.3 is 0 Å². The summed E-state index contributed by atoms with van der Waals surface area (Å²) in [5.41, 5.74) is 0.872. The summed E-state index contributed by atoms with van der Waals surface area (Å²) in [6.45, 7) is 3.71. The molecule has 0 fully saturated rings. The molecule has 0 atom stereocenters. The first-order valence-electron chi connectivity index (χ1n) is 6.95. The van der Waals surface area contributed by atoms with Gasteiger partial charge in [0.05, 0.1) is 0 Å². The molecule has 0 aliphatic rings. The predicted molar refractivity (Wildman–Crippen MR) is 88.5 cm³/mol. The fourth-order valence-corrected chi connectivity index (χ4v) is 3.92. The van der Waals surface area contributed by atoms with Crippen molar-refractivity contribution in [2.24, 2.45) is 5.92 Å². The van der Waals surface area contributed by atoms with E-state index in [4.69, 9.17) is 0 Å². The standard InChI is InChI=1S/C14H18N4O3S2/c1-10(2)12(19)15-13-16-17-14(22-13)23(20,21)18(3)9-11-7-5-4-6-8-11/h4-8,10H,9H2,1-3H3,(H,15,16,19). The lowest BCUT2D eigenvalue weighted by atomic mass is 10.2. The molecule has 0 saturated heterocycles. The third kappa shape index (κ3) is 4.34. The van der Waals surface area contributed by atoms with Gasteiger partial charge < -0.3 is 5.32 Å². The number of sulfonamides is 1. The molecule has 0 saturated carbocycles. The molecule has 2 aromatic rings. The zero-order valence-electron chi connectivity index (χ0n) is 13.1. The van der Waals surface area contributed by atoms with Crippen LogP contribution in [-0.2, 0) is 21.4 Å². The van der Waals surface area contributed by atoms with E-state index in [-0.39, 0.29) is 27.8 Å². The van der Waals surface area contributed by atoms with Gasteiger partial charge in [0.15, 0.2) is 0 Å². The van der Waals surface area contributed by atoms with Crippen LogP contribution in [0.25, 0.3) is 0 Å². The van der Waals surface area contributed by atoms with Crippen molar-refractivity contribution in [1.82, 2.24) is 14.5 Å². The van der Waals surface area contributed by atoms with Crippen LogP contribution in [0.5, 0.6) is 0 Å². The Balaban J connectivity index is 2.13. The predicted octanol–water partition coefficient (Wildman–Crippen LogP) is 1.95. The molecule has 0 radical (unpaired) electrons. The van der Waals surface area contributed by atoms with Crippen LogP contribution in [0, 0.1) is 5.92 Å². The van der Waals surface area contributed by atoms with Gasteiger partial charge in [-0.3, -0.25) is 4.79 Å². The number of aromatic nitrogens is 2. The minimum atomic E-state index is -3.75. The van der Waals surface area contributed by atoms with Crippen molar-refractivity contribution in [3.63, 3.8) is 0 Å². The summed E-state index contributed by atoms with van der Waals surface area (Å²) in [5, 5.41) is 10.1. The maximum atomic E-state index is 12.5. The third-order valence-electron chi connectivity index (χ3n) is 3.04. The van der Waals surface area contributed by atoms with Crippen molar-refractivity contribution >= 4 is 32.4 Å². The Hall–Kier alpha value is -1.84. The molecule has 1 aromatic heterocycles. The normalized spacial score (nSPS) is 11.9. The smallest absolute Gasteiger partial charge is 0.272 e. The Kier molecular flexibility index (Phi) is 5.45. The molecule has 9 heteroatoms. The van der Waals surface area contributed by atoms with Crippen molar-refractivity contribution < 1.29 is 13.2 Å². The summed E-state index contributed by atoms with van der Waals surface area (Å²) in [5.74, 6) is -0.456. The first kappa shape index (κ1) is 17.5. The molecule has 0 bridgehead atoms. The number of benzene rings is 1. The van der Waals surface area contributed by atoms with E-state index in [1.807, 2.05) is 30.3 Å². The third-order valence-corrected chi connectivity index (χ3v) is 6.03. The van der Waals surface area contributed by atoms with Gasteiger partial charge in [-0.15, -0.1) is 10.2 Å². The Bertz CT molecular complexity index is 772. The largest absolute Gasteiger partial charge is 0.300 e.